The highest BCUT2D eigenvalue weighted by molar-refractivity contribution is 5.97. The summed E-state index contributed by atoms with van der Waals surface area (Å²) in [5.41, 5.74) is 9.81. The van der Waals surface area contributed by atoms with Crippen LogP contribution in [0, 0.1) is 11.7 Å². The minimum Gasteiger partial charge on any atom is -0.398 e. The van der Waals surface area contributed by atoms with E-state index in [0.717, 1.165) is 49.2 Å². The van der Waals surface area contributed by atoms with Gasteiger partial charge in [-0.15, -0.1) is 0 Å². The second-order valence-electron chi connectivity index (χ2n) is 7.71. The third kappa shape index (κ3) is 3.96. The van der Waals surface area contributed by atoms with Crippen molar-refractivity contribution in [3.8, 4) is 0 Å². The number of hydrogen-bond acceptors (Lipinski definition) is 4. The van der Waals surface area contributed by atoms with Crippen LogP contribution in [0.3, 0.4) is 0 Å². The number of likely N-dealkylation sites (tertiary alicyclic amines) is 1. The van der Waals surface area contributed by atoms with Crippen LogP contribution in [0.25, 0.3) is 0 Å². The molecule has 2 unspecified atom stereocenters. The fourth-order valence-corrected chi connectivity index (χ4v) is 4.52. The number of aliphatic hydroxyl groups is 1. The van der Waals surface area contributed by atoms with Crippen LogP contribution < -0.4 is 5.73 Å². The van der Waals surface area contributed by atoms with Crippen molar-refractivity contribution < 1.29 is 14.3 Å². The summed E-state index contributed by atoms with van der Waals surface area (Å²) >= 11 is 0. The highest BCUT2D eigenvalue weighted by Gasteiger charge is 2.35. The zero-order valence-electron chi connectivity index (χ0n) is 15.3. The SMILES string of the molecule is C.Nc1cccc2c1CC(N1CCC(C(=O)c3ccc(F)cc3)CC1)C(O)C2. The summed E-state index contributed by atoms with van der Waals surface area (Å²) in [5.74, 6) is -0.273. The first-order valence-electron chi connectivity index (χ1n) is 9.61. The number of ketones is 1. The van der Waals surface area contributed by atoms with E-state index in [1.54, 1.807) is 12.1 Å². The lowest BCUT2D eigenvalue weighted by Crippen LogP contribution is -2.51. The second-order valence-corrected chi connectivity index (χ2v) is 7.71. The lowest BCUT2D eigenvalue weighted by Gasteiger charge is -2.42. The van der Waals surface area contributed by atoms with E-state index in [9.17, 15) is 14.3 Å². The molecule has 0 spiro atoms. The van der Waals surface area contributed by atoms with E-state index in [1.807, 2.05) is 18.2 Å². The molecule has 0 aromatic heterocycles. The van der Waals surface area contributed by atoms with Crippen molar-refractivity contribution in [3.05, 3.63) is 65.0 Å². The quantitative estimate of drug-likeness (QED) is 0.628. The van der Waals surface area contributed by atoms with Gasteiger partial charge in [0.05, 0.1) is 6.10 Å². The maximum atomic E-state index is 13.1. The number of nitrogens with zero attached hydrogens (tertiary/aromatic N) is 1. The summed E-state index contributed by atoms with van der Waals surface area (Å²) in [6.07, 6.45) is 2.48. The van der Waals surface area contributed by atoms with E-state index >= 15 is 0 Å². The largest absolute Gasteiger partial charge is 0.398 e. The second kappa shape index (κ2) is 8.41. The Labute approximate surface area is 166 Å². The Morgan fingerprint density at radius 2 is 1.75 bits per heavy atom. The molecule has 1 aliphatic heterocycles. The predicted octanol–water partition coefficient (Wildman–Crippen LogP) is 3.47. The number of fused-ring (bicyclic) bond motifs is 1. The first-order chi connectivity index (χ1) is 13.0. The average Bonchev–Trinajstić information content (AvgIpc) is 2.68. The van der Waals surface area contributed by atoms with Crippen LogP contribution in [-0.2, 0) is 12.8 Å². The molecule has 4 rings (SSSR count). The molecular formula is C23H29FN2O2. The molecule has 0 amide bonds. The van der Waals surface area contributed by atoms with Gasteiger partial charge in [-0.1, -0.05) is 19.6 Å². The van der Waals surface area contributed by atoms with Gasteiger partial charge in [-0.3, -0.25) is 9.69 Å². The molecule has 3 N–H and O–H groups in total. The number of piperidine rings is 1. The molecule has 0 radical (unpaired) electrons. The Morgan fingerprint density at radius 1 is 1.07 bits per heavy atom. The Hall–Kier alpha value is -2.24. The van der Waals surface area contributed by atoms with Gasteiger partial charge in [-0.25, -0.2) is 4.39 Å². The van der Waals surface area contributed by atoms with Gasteiger partial charge in [-0.2, -0.15) is 0 Å². The Bertz CT molecular complexity index is 829. The normalized spacial score (nSPS) is 22.9. The van der Waals surface area contributed by atoms with E-state index in [2.05, 4.69) is 4.90 Å². The smallest absolute Gasteiger partial charge is 0.166 e. The summed E-state index contributed by atoms with van der Waals surface area (Å²) in [5, 5.41) is 10.7. The van der Waals surface area contributed by atoms with Gasteiger partial charge in [0.1, 0.15) is 5.82 Å². The Morgan fingerprint density at radius 3 is 2.43 bits per heavy atom. The van der Waals surface area contributed by atoms with Crippen LogP contribution in [0.4, 0.5) is 10.1 Å². The first-order valence-corrected chi connectivity index (χ1v) is 9.61. The minimum atomic E-state index is -0.413. The molecule has 150 valence electrons. The van der Waals surface area contributed by atoms with E-state index in [1.165, 1.54) is 12.1 Å². The Balaban J connectivity index is 0.00000225. The predicted molar refractivity (Wildman–Crippen MR) is 110 cm³/mol. The fourth-order valence-electron chi connectivity index (χ4n) is 4.52. The number of halogens is 1. The zero-order valence-corrected chi connectivity index (χ0v) is 15.3. The van der Waals surface area contributed by atoms with Gasteiger partial charge < -0.3 is 10.8 Å². The van der Waals surface area contributed by atoms with Crippen molar-refractivity contribution >= 4 is 11.5 Å². The van der Waals surface area contributed by atoms with Crippen LogP contribution in [0.2, 0.25) is 0 Å². The molecule has 2 aromatic carbocycles. The molecule has 2 atom stereocenters. The first kappa shape index (κ1) is 20.5. The fraction of sp³-hybridized carbons (Fsp3) is 0.435. The average molecular weight is 384 g/mol. The number of nitrogen functional groups attached to an aromatic ring is 1. The van der Waals surface area contributed by atoms with Gasteiger partial charge in [-0.05, 0) is 73.8 Å². The lowest BCUT2D eigenvalue weighted by molar-refractivity contribution is 0.0241. The number of benzene rings is 2. The number of Topliss-reactive ketones (excluding diaryl/α,β-unsaturated/α-hetero) is 1. The van der Waals surface area contributed by atoms with Crippen LogP contribution >= 0.6 is 0 Å². The molecule has 2 aromatic rings. The van der Waals surface area contributed by atoms with Gasteiger partial charge in [0, 0.05) is 29.6 Å². The number of carbonyl (C=O) groups is 1. The van der Waals surface area contributed by atoms with E-state index in [-0.39, 0.29) is 31.0 Å². The van der Waals surface area contributed by atoms with E-state index in [4.69, 9.17) is 5.73 Å². The zero-order chi connectivity index (χ0) is 19.0. The molecule has 1 aliphatic carbocycles. The van der Waals surface area contributed by atoms with Crippen molar-refractivity contribution in [1.29, 1.82) is 0 Å². The van der Waals surface area contributed by atoms with Crippen molar-refractivity contribution in [2.24, 2.45) is 5.92 Å². The van der Waals surface area contributed by atoms with Gasteiger partial charge >= 0.3 is 0 Å². The molecule has 4 nitrogen and oxygen atoms in total. The molecule has 5 heteroatoms. The molecule has 1 heterocycles. The van der Waals surface area contributed by atoms with Gasteiger partial charge in [0.15, 0.2) is 5.78 Å². The molecule has 1 saturated heterocycles. The van der Waals surface area contributed by atoms with Crippen LogP contribution in [-0.4, -0.2) is 41.0 Å². The number of nitrogens with two attached hydrogens (primary N) is 1. The third-order valence-corrected chi connectivity index (χ3v) is 6.09. The van der Waals surface area contributed by atoms with Crippen molar-refractivity contribution in [1.82, 2.24) is 4.90 Å². The van der Waals surface area contributed by atoms with Crippen molar-refractivity contribution in [3.63, 3.8) is 0 Å². The number of anilines is 1. The minimum absolute atomic E-state index is 0. The summed E-state index contributed by atoms with van der Waals surface area (Å²) < 4.78 is 13.1. The molecule has 0 bridgehead atoms. The van der Waals surface area contributed by atoms with Gasteiger partial charge in [0.25, 0.3) is 0 Å². The Kier molecular flexibility index (Phi) is 6.16. The number of rotatable bonds is 3. The molecular weight excluding hydrogens is 355 g/mol. The number of aliphatic hydroxyl groups excluding tert-OH is 1. The van der Waals surface area contributed by atoms with Crippen molar-refractivity contribution in [2.75, 3.05) is 18.8 Å². The van der Waals surface area contributed by atoms with Gasteiger partial charge in [0.2, 0.25) is 0 Å². The summed E-state index contributed by atoms with van der Waals surface area (Å²) in [6.45, 7) is 1.56. The van der Waals surface area contributed by atoms with E-state index in [0.29, 0.717) is 12.0 Å². The highest BCUT2D eigenvalue weighted by Crippen LogP contribution is 2.31. The standard InChI is InChI=1S/C22H25FN2O2.CH4/c23-17-6-4-14(5-7-17)22(27)15-8-10-25(11-9-15)20-13-18-16(12-21(20)26)2-1-3-19(18)24;/h1-7,15,20-21,26H,8-13,24H2;1H4. The molecule has 28 heavy (non-hydrogen) atoms. The maximum Gasteiger partial charge on any atom is 0.166 e. The van der Waals surface area contributed by atoms with Crippen LogP contribution in [0.1, 0.15) is 41.8 Å². The van der Waals surface area contributed by atoms with E-state index < -0.39 is 6.10 Å². The summed E-state index contributed by atoms with van der Waals surface area (Å²) in [4.78, 5) is 15.0. The number of carbonyl (C=O) groups excluding carboxylic acids is 1. The monoisotopic (exact) mass is 384 g/mol. The summed E-state index contributed by atoms with van der Waals surface area (Å²) in [7, 11) is 0. The molecule has 1 fully saturated rings. The third-order valence-electron chi connectivity index (χ3n) is 6.09. The van der Waals surface area contributed by atoms with Crippen LogP contribution in [0.15, 0.2) is 42.5 Å². The molecule has 2 aliphatic rings. The lowest BCUT2D eigenvalue weighted by atomic mass is 9.82. The topological polar surface area (TPSA) is 66.6 Å². The van der Waals surface area contributed by atoms with Crippen LogP contribution in [0.5, 0.6) is 0 Å². The van der Waals surface area contributed by atoms with Crippen molar-refractivity contribution in [2.45, 2.75) is 45.3 Å². The molecule has 0 saturated carbocycles. The maximum absolute atomic E-state index is 13.1. The highest BCUT2D eigenvalue weighted by atomic mass is 19.1. The number of hydrogen-bond donors (Lipinski definition) is 2. The summed E-state index contributed by atoms with van der Waals surface area (Å²) in [6, 6.07) is 11.7.